The van der Waals surface area contributed by atoms with Gasteiger partial charge in [-0.1, -0.05) is 12.8 Å². The zero-order chi connectivity index (χ0) is 14.5. The van der Waals surface area contributed by atoms with Gasteiger partial charge >= 0.3 is 0 Å². The van der Waals surface area contributed by atoms with Crippen molar-refractivity contribution in [1.82, 2.24) is 5.32 Å². The third-order valence-corrected chi connectivity index (χ3v) is 3.95. The quantitative estimate of drug-likeness (QED) is 0.880. The van der Waals surface area contributed by atoms with Crippen molar-refractivity contribution in [1.29, 1.82) is 0 Å². The maximum absolute atomic E-state index is 12.9. The van der Waals surface area contributed by atoms with E-state index in [9.17, 15) is 14.3 Å². The van der Waals surface area contributed by atoms with Crippen LogP contribution in [0.4, 0.5) is 4.39 Å². The summed E-state index contributed by atoms with van der Waals surface area (Å²) in [6.45, 7) is -0.159. The molecule has 110 valence electrons. The fourth-order valence-electron chi connectivity index (χ4n) is 2.26. The zero-order valence-corrected chi connectivity index (χ0v) is 12.5. The van der Waals surface area contributed by atoms with Crippen molar-refractivity contribution in [3.05, 3.63) is 28.5 Å². The largest absolute Gasteiger partial charge is 0.483 e. The monoisotopic (exact) mass is 345 g/mol. The van der Waals surface area contributed by atoms with E-state index in [1.807, 2.05) is 0 Å². The Morgan fingerprint density at radius 1 is 1.45 bits per heavy atom. The Bertz CT molecular complexity index is 483. The number of amides is 1. The summed E-state index contributed by atoms with van der Waals surface area (Å²) >= 11 is 3.17. The molecule has 4 nitrogen and oxygen atoms in total. The number of benzene rings is 1. The van der Waals surface area contributed by atoms with Crippen LogP contribution in [0.25, 0.3) is 0 Å². The topological polar surface area (TPSA) is 58.6 Å². The lowest BCUT2D eigenvalue weighted by Crippen LogP contribution is -2.46. The van der Waals surface area contributed by atoms with Crippen molar-refractivity contribution in [3.8, 4) is 5.75 Å². The van der Waals surface area contributed by atoms with E-state index < -0.39 is 6.10 Å². The first-order chi connectivity index (χ1) is 9.56. The van der Waals surface area contributed by atoms with Gasteiger partial charge < -0.3 is 15.2 Å². The molecule has 0 aliphatic heterocycles. The minimum absolute atomic E-state index is 0.159. The first-order valence-electron chi connectivity index (χ1n) is 6.61. The molecule has 1 amide bonds. The lowest BCUT2D eigenvalue weighted by molar-refractivity contribution is -0.125. The Hall–Kier alpha value is -1.14. The predicted molar refractivity (Wildman–Crippen MR) is 76.0 cm³/mol. The number of carbonyl (C=O) groups is 1. The Balaban J connectivity index is 1.82. The second-order valence-corrected chi connectivity index (χ2v) is 5.74. The summed E-state index contributed by atoms with van der Waals surface area (Å²) in [4.78, 5) is 11.8. The molecule has 6 heteroatoms. The van der Waals surface area contributed by atoms with Crippen LogP contribution >= 0.6 is 15.9 Å². The number of carbonyl (C=O) groups excluding carboxylic acids is 1. The van der Waals surface area contributed by atoms with Crippen LogP contribution in [-0.4, -0.2) is 29.8 Å². The lowest BCUT2D eigenvalue weighted by Gasteiger charge is -2.28. The minimum atomic E-state index is -0.481. The van der Waals surface area contributed by atoms with Crippen LogP contribution in [0.1, 0.15) is 25.7 Å². The smallest absolute Gasteiger partial charge is 0.258 e. The summed E-state index contributed by atoms with van der Waals surface area (Å²) < 4.78 is 18.7. The van der Waals surface area contributed by atoms with Crippen molar-refractivity contribution in [2.24, 2.45) is 0 Å². The molecular formula is C14H17BrFNO3. The van der Waals surface area contributed by atoms with Gasteiger partial charge in [-0.3, -0.25) is 4.79 Å². The lowest BCUT2D eigenvalue weighted by atomic mass is 9.92. The van der Waals surface area contributed by atoms with Gasteiger partial charge in [-0.25, -0.2) is 4.39 Å². The number of ether oxygens (including phenoxy) is 1. The molecule has 1 aromatic carbocycles. The van der Waals surface area contributed by atoms with E-state index in [0.717, 1.165) is 25.7 Å². The standard InChI is InChI=1S/C14H17BrFNO3/c15-10-7-9(16)5-6-13(10)20-8-14(19)17-11-3-1-2-4-12(11)18/h5-7,11-12,18H,1-4,8H2,(H,17,19). The van der Waals surface area contributed by atoms with Gasteiger partial charge in [0.2, 0.25) is 0 Å². The van der Waals surface area contributed by atoms with Crippen LogP contribution in [0, 0.1) is 5.82 Å². The number of aliphatic hydroxyl groups excluding tert-OH is 1. The van der Waals surface area contributed by atoms with E-state index in [4.69, 9.17) is 4.74 Å². The Kier molecular flexibility index (Phi) is 5.37. The van der Waals surface area contributed by atoms with Crippen molar-refractivity contribution >= 4 is 21.8 Å². The highest BCUT2D eigenvalue weighted by molar-refractivity contribution is 9.10. The normalized spacial score (nSPS) is 22.4. The summed E-state index contributed by atoms with van der Waals surface area (Å²) in [5, 5.41) is 12.5. The molecule has 1 aromatic rings. The van der Waals surface area contributed by atoms with Crippen LogP contribution in [-0.2, 0) is 4.79 Å². The Labute approximate surface area is 125 Å². The predicted octanol–water partition coefficient (Wildman–Crippen LogP) is 2.39. The highest BCUT2D eigenvalue weighted by atomic mass is 79.9. The molecular weight excluding hydrogens is 329 g/mol. The molecule has 2 atom stereocenters. The van der Waals surface area contributed by atoms with E-state index in [1.165, 1.54) is 18.2 Å². The first-order valence-corrected chi connectivity index (χ1v) is 7.41. The molecule has 2 N–H and O–H groups in total. The summed E-state index contributed by atoms with van der Waals surface area (Å²) in [6.07, 6.45) is 3.02. The molecule has 1 aliphatic rings. The Morgan fingerprint density at radius 2 is 2.20 bits per heavy atom. The van der Waals surface area contributed by atoms with Gasteiger partial charge in [0, 0.05) is 0 Å². The van der Waals surface area contributed by atoms with Gasteiger partial charge in [0.25, 0.3) is 5.91 Å². The van der Waals surface area contributed by atoms with E-state index >= 15 is 0 Å². The molecule has 1 saturated carbocycles. The molecule has 0 saturated heterocycles. The van der Waals surface area contributed by atoms with Gasteiger partial charge in [0.1, 0.15) is 11.6 Å². The molecule has 0 aromatic heterocycles. The van der Waals surface area contributed by atoms with Gasteiger partial charge in [-0.15, -0.1) is 0 Å². The van der Waals surface area contributed by atoms with Gasteiger partial charge in [0.05, 0.1) is 16.6 Å². The van der Waals surface area contributed by atoms with Crippen molar-refractivity contribution in [3.63, 3.8) is 0 Å². The van der Waals surface area contributed by atoms with Crippen LogP contribution in [0.15, 0.2) is 22.7 Å². The number of hydrogen-bond acceptors (Lipinski definition) is 3. The fourth-order valence-corrected chi connectivity index (χ4v) is 2.73. The summed E-state index contributed by atoms with van der Waals surface area (Å²) in [5.74, 6) is -0.253. The maximum atomic E-state index is 12.9. The Morgan fingerprint density at radius 3 is 2.90 bits per heavy atom. The number of aliphatic hydroxyl groups is 1. The fraction of sp³-hybridized carbons (Fsp3) is 0.500. The minimum Gasteiger partial charge on any atom is -0.483 e. The third kappa shape index (κ3) is 4.18. The van der Waals surface area contributed by atoms with Gasteiger partial charge in [-0.05, 0) is 47.0 Å². The average molecular weight is 346 g/mol. The van der Waals surface area contributed by atoms with Gasteiger partial charge in [0.15, 0.2) is 6.61 Å². The third-order valence-electron chi connectivity index (χ3n) is 3.33. The molecule has 2 rings (SSSR count). The van der Waals surface area contributed by atoms with E-state index in [0.29, 0.717) is 10.2 Å². The number of rotatable bonds is 4. The SMILES string of the molecule is O=C(COc1ccc(F)cc1Br)NC1CCCCC1O. The molecule has 0 heterocycles. The molecule has 0 spiro atoms. The van der Waals surface area contributed by atoms with Gasteiger partial charge in [-0.2, -0.15) is 0 Å². The molecule has 20 heavy (non-hydrogen) atoms. The molecule has 0 radical (unpaired) electrons. The van der Waals surface area contributed by atoms with Crippen LogP contribution < -0.4 is 10.1 Å². The van der Waals surface area contributed by atoms with E-state index in [-0.39, 0.29) is 24.4 Å². The summed E-state index contributed by atoms with van der Waals surface area (Å²) in [6, 6.07) is 3.81. The highest BCUT2D eigenvalue weighted by Gasteiger charge is 2.24. The molecule has 0 bridgehead atoms. The van der Waals surface area contributed by atoms with E-state index in [2.05, 4.69) is 21.2 Å². The first kappa shape index (κ1) is 15.3. The van der Waals surface area contributed by atoms with Crippen molar-refractivity contribution in [2.75, 3.05) is 6.61 Å². The molecule has 2 unspecified atom stereocenters. The van der Waals surface area contributed by atoms with Crippen molar-refractivity contribution < 1.29 is 19.0 Å². The van der Waals surface area contributed by atoms with Crippen LogP contribution in [0.3, 0.4) is 0 Å². The van der Waals surface area contributed by atoms with Crippen LogP contribution in [0.2, 0.25) is 0 Å². The van der Waals surface area contributed by atoms with E-state index in [1.54, 1.807) is 0 Å². The average Bonchev–Trinajstić information content (AvgIpc) is 2.40. The van der Waals surface area contributed by atoms with Crippen molar-refractivity contribution in [2.45, 2.75) is 37.8 Å². The molecule has 1 aliphatic carbocycles. The second-order valence-electron chi connectivity index (χ2n) is 4.89. The maximum Gasteiger partial charge on any atom is 0.258 e. The van der Waals surface area contributed by atoms with Crippen LogP contribution in [0.5, 0.6) is 5.75 Å². The summed E-state index contributed by atoms with van der Waals surface area (Å²) in [5.41, 5.74) is 0. The second kappa shape index (κ2) is 7.04. The molecule has 1 fully saturated rings. The number of hydrogen-bond donors (Lipinski definition) is 2. The zero-order valence-electron chi connectivity index (χ0n) is 10.9. The number of halogens is 2. The number of nitrogens with one attached hydrogen (secondary N) is 1. The summed E-state index contributed by atoms with van der Waals surface area (Å²) in [7, 11) is 0. The highest BCUT2D eigenvalue weighted by Crippen LogP contribution is 2.25.